The first-order chi connectivity index (χ1) is 12.2. The molecule has 25 heavy (non-hydrogen) atoms. The van der Waals surface area contributed by atoms with Crippen molar-refractivity contribution >= 4 is 28.8 Å². The molecule has 4 nitrogen and oxygen atoms in total. The molecule has 132 valence electrons. The van der Waals surface area contributed by atoms with Gasteiger partial charge in [-0.15, -0.1) is 0 Å². The van der Waals surface area contributed by atoms with Crippen molar-refractivity contribution in [3.05, 3.63) is 51.2 Å². The van der Waals surface area contributed by atoms with Crippen molar-refractivity contribution in [2.75, 3.05) is 32.8 Å². The van der Waals surface area contributed by atoms with Gasteiger partial charge in [-0.3, -0.25) is 4.79 Å². The number of benzene rings is 1. The van der Waals surface area contributed by atoms with Crippen molar-refractivity contribution in [3.63, 3.8) is 0 Å². The van der Waals surface area contributed by atoms with Crippen molar-refractivity contribution in [2.45, 2.75) is 13.0 Å². The van der Waals surface area contributed by atoms with Gasteiger partial charge in [0.2, 0.25) is 5.91 Å². The molecule has 2 aromatic rings. The van der Waals surface area contributed by atoms with Crippen molar-refractivity contribution in [2.24, 2.45) is 5.92 Å². The number of ether oxygens (including phenoxy) is 1. The maximum absolute atomic E-state index is 12.9. The Morgan fingerprint density at radius 2 is 2.16 bits per heavy atom. The van der Waals surface area contributed by atoms with Gasteiger partial charge >= 0.3 is 0 Å². The molecule has 4 rings (SSSR count). The van der Waals surface area contributed by atoms with Crippen LogP contribution in [0.4, 0.5) is 0 Å². The van der Waals surface area contributed by atoms with E-state index >= 15 is 0 Å². The average molecular weight is 378 g/mol. The summed E-state index contributed by atoms with van der Waals surface area (Å²) in [7, 11) is 0. The lowest BCUT2D eigenvalue weighted by Crippen LogP contribution is -3.13. The molecular formula is C19H22ClN2O2S+. The molecule has 0 saturated carbocycles. The Morgan fingerprint density at radius 3 is 2.92 bits per heavy atom. The Balaban J connectivity index is 1.33. The maximum atomic E-state index is 12.9. The number of carbonyl (C=O) groups excluding carboxylic acids is 1. The van der Waals surface area contributed by atoms with Crippen LogP contribution in [0.5, 0.6) is 5.75 Å². The highest BCUT2D eigenvalue weighted by Gasteiger charge is 2.32. The molecule has 3 heterocycles. The monoisotopic (exact) mass is 377 g/mol. The quantitative estimate of drug-likeness (QED) is 0.886. The molecule has 0 spiro atoms. The van der Waals surface area contributed by atoms with Crippen LogP contribution in [0.2, 0.25) is 5.02 Å². The van der Waals surface area contributed by atoms with Gasteiger partial charge in [-0.25, -0.2) is 0 Å². The lowest BCUT2D eigenvalue weighted by Gasteiger charge is -2.35. The summed E-state index contributed by atoms with van der Waals surface area (Å²) >= 11 is 7.82. The van der Waals surface area contributed by atoms with E-state index in [4.69, 9.17) is 16.3 Å². The highest BCUT2D eigenvalue weighted by atomic mass is 35.5. The van der Waals surface area contributed by atoms with Gasteiger partial charge in [0, 0.05) is 10.6 Å². The van der Waals surface area contributed by atoms with Crippen LogP contribution < -0.4 is 9.64 Å². The van der Waals surface area contributed by atoms with Gasteiger partial charge < -0.3 is 14.5 Å². The summed E-state index contributed by atoms with van der Waals surface area (Å²) in [5.41, 5.74) is 2.44. The largest absolute Gasteiger partial charge is 0.492 e. The predicted molar refractivity (Wildman–Crippen MR) is 99.4 cm³/mol. The second-order valence-corrected chi connectivity index (χ2v) is 8.06. The fraction of sp³-hybridized carbons (Fsp3) is 0.421. The van der Waals surface area contributed by atoms with Crippen molar-refractivity contribution in [1.29, 1.82) is 0 Å². The van der Waals surface area contributed by atoms with E-state index in [1.54, 1.807) is 16.2 Å². The molecule has 1 N–H and O–H groups in total. The summed E-state index contributed by atoms with van der Waals surface area (Å²) in [6.45, 7) is 5.21. The Kier molecular flexibility index (Phi) is 4.97. The molecule has 0 unspecified atom stereocenters. The van der Waals surface area contributed by atoms with Crippen LogP contribution in [0.3, 0.4) is 0 Å². The Hall–Kier alpha value is -1.56. The van der Waals surface area contributed by atoms with E-state index in [2.05, 4.69) is 16.8 Å². The number of nitrogens with zero attached hydrogens (tertiary/aromatic N) is 1. The van der Waals surface area contributed by atoms with E-state index in [0.29, 0.717) is 11.6 Å². The smallest absolute Gasteiger partial charge is 0.229 e. The third kappa shape index (κ3) is 3.84. The number of piperazine rings is 1. The first-order valence-corrected chi connectivity index (χ1v) is 10.1. The van der Waals surface area contributed by atoms with Gasteiger partial charge in [0.15, 0.2) is 0 Å². The zero-order chi connectivity index (χ0) is 17.2. The van der Waals surface area contributed by atoms with Crippen LogP contribution in [-0.4, -0.2) is 43.6 Å². The number of amides is 1. The second kappa shape index (κ2) is 7.36. The molecule has 1 fully saturated rings. The fourth-order valence-electron chi connectivity index (χ4n) is 3.68. The SMILES string of the molecule is O=C([C@@H]1COc2ccc(Cl)cc2C1)N1CC[NH+](Cc2ccsc2)CC1. The van der Waals surface area contributed by atoms with E-state index in [9.17, 15) is 4.79 Å². The van der Waals surface area contributed by atoms with Crippen LogP contribution in [-0.2, 0) is 17.8 Å². The zero-order valence-electron chi connectivity index (χ0n) is 14.0. The fourth-order valence-corrected chi connectivity index (χ4v) is 4.55. The summed E-state index contributed by atoms with van der Waals surface area (Å²) in [5, 5.41) is 5.04. The normalized spacial score (nSPS) is 20.8. The summed E-state index contributed by atoms with van der Waals surface area (Å²) in [5.74, 6) is 0.989. The molecule has 1 aromatic carbocycles. The predicted octanol–water partition coefficient (Wildman–Crippen LogP) is 1.88. The number of hydrogen-bond acceptors (Lipinski definition) is 3. The first kappa shape index (κ1) is 16.9. The third-order valence-corrected chi connectivity index (χ3v) is 6.06. The minimum absolute atomic E-state index is 0.0932. The van der Waals surface area contributed by atoms with E-state index in [1.165, 1.54) is 5.56 Å². The second-order valence-electron chi connectivity index (χ2n) is 6.85. The number of halogens is 1. The van der Waals surface area contributed by atoms with Crippen LogP contribution in [0.1, 0.15) is 11.1 Å². The van der Waals surface area contributed by atoms with Gasteiger partial charge in [0.1, 0.15) is 18.9 Å². The van der Waals surface area contributed by atoms with Crippen LogP contribution >= 0.6 is 22.9 Å². The van der Waals surface area contributed by atoms with Gasteiger partial charge in [0.25, 0.3) is 0 Å². The van der Waals surface area contributed by atoms with Crippen molar-refractivity contribution < 1.29 is 14.4 Å². The standard InChI is InChI=1S/C19H21ClN2O2S/c20-17-1-2-18-15(10-17)9-16(12-24-18)19(23)22-6-4-21(5-7-22)11-14-3-8-25-13-14/h1-3,8,10,13,16H,4-7,9,11-12H2/p+1/t16-/m0/s1. The topological polar surface area (TPSA) is 34.0 Å². The minimum Gasteiger partial charge on any atom is -0.492 e. The van der Waals surface area contributed by atoms with Gasteiger partial charge in [0.05, 0.1) is 32.1 Å². The summed E-state index contributed by atoms with van der Waals surface area (Å²) in [6.07, 6.45) is 0.719. The van der Waals surface area contributed by atoms with Crippen LogP contribution in [0.15, 0.2) is 35.0 Å². The van der Waals surface area contributed by atoms with Gasteiger partial charge in [-0.2, -0.15) is 11.3 Å². The lowest BCUT2D eigenvalue weighted by atomic mass is 9.95. The number of rotatable bonds is 3. The Morgan fingerprint density at radius 1 is 1.32 bits per heavy atom. The molecule has 0 radical (unpaired) electrons. The molecule has 2 aliphatic heterocycles. The summed E-state index contributed by atoms with van der Waals surface area (Å²) in [4.78, 5) is 16.4. The highest BCUT2D eigenvalue weighted by Crippen LogP contribution is 2.30. The summed E-state index contributed by atoms with van der Waals surface area (Å²) < 4.78 is 5.78. The number of hydrogen-bond donors (Lipinski definition) is 1. The number of thiophene rings is 1. The zero-order valence-corrected chi connectivity index (χ0v) is 15.6. The van der Waals surface area contributed by atoms with Crippen molar-refractivity contribution in [1.82, 2.24) is 4.90 Å². The average Bonchev–Trinajstić information content (AvgIpc) is 3.14. The highest BCUT2D eigenvalue weighted by molar-refractivity contribution is 7.07. The minimum atomic E-state index is -0.0932. The third-order valence-electron chi connectivity index (χ3n) is 5.09. The lowest BCUT2D eigenvalue weighted by molar-refractivity contribution is -0.917. The number of nitrogens with one attached hydrogen (secondary N) is 1. The van der Waals surface area contributed by atoms with Crippen LogP contribution in [0.25, 0.3) is 0 Å². The molecule has 1 atom stereocenters. The van der Waals surface area contributed by atoms with E-state index < -0.39 is 0 Å². The van der Waals surface area contributed by atoms with Crippen molar-refractivity contribution in [3.8, 4) is 5.75 Å². The van der Waals surface area contributed by atoms with Gasteiger partial charge in [-0.05, 0) is 47.0 Å². The molecule has 2 aliphatic rings. The molecule has 6 heteroatoms. The number of fused-ring (bicyclic) bond motifs is 1. The molecule has 1 aromatic heterocycles. The number of quaternary nitrogens is 1. The van der Waals surface area contributed by atoms with E-state index in [-0.39, 0.29) is 11.8 Å². The first-order valence-electron chi connectivity index (χ1n) is 8.74. The van der Waals surface area contributed by atoms with Crippen LogP contribution in [0, 0.1) is 5.92 Å². The summed E-state index contributed by atoms with van der Waals surface area (Å²) in [6, 6.07) is 7.83. The molecule has 0 bridgehead atoms. The maximum Gasteiger partial charge on any atom is 0.229 e. The molecule has 0 aliphatic carbocycles. The molecule has 1 amide bonds. The molecule has 1 saturated heterocycles. The Labute approximate surface area is 156 Å². The Bertz CT molecular complexity index is 742. The van der Waals surface area contributed by atoms with Gasteiger partial charge in [-0.1, -0.05) is 11.6 Å². The number of carbonyl (C=O) groups is 1. The van der Waals surface area contributed by atoms with E-state index in [1.807, 2.05) is 23.1 Å². The van der Waals surface area contributed by atoms with E-state index in [0.717, 1.165) is 50.5 Å². The molecular weight excluding hydrogens is 356 g/mol.